The van der Waals surface area contributed by atoms with Gasteiger partial charge in [0.1, 0.15) is 11.8 Å². The minimum Gasteiger partial charge on any atom is -0.508 e. The zero-order valence-corrected chi connectivity index (χ0v) is 13.0. The highest BCUT2D eigenvalue weighted by atomic mass is 79.9. The highest BCUT2D eigenvalue weighted by Crippen LogP contribution is 2.35. The molecule has 1 unspecified atom stereocenters. The highest BCUT2D eigenvalue weighted by Gasteiger charge is 2.21. The Morgan fingerprint density at radius 3 is 2.90 bits per heavy atom. The molecule has 3 rings (SSSR count). The average molecular weight is 343 g/mol. The third-order valence-corrected chi connectivity index (χ3v) is 4.37. The van der Waals surface area contributed by atoms with Crippen molar-refractivity contribution in [1.82, 2.24) is 0 Å². The molecule has 3 nitrogen and oxygen atoms in total. The minimum absolute atomic E-state index is 0.183. The van der Waals surface area contributed by atoms with Crippen molar-refractivity contribution in [3.8, 4) is 11.8 Å². The van der Waals surface area contributed by atoms with Crippen LogP contribution in [0, 0.1) is 11.3 Å². The second kappa shape index (κ2) is 5.79. The zero-order valence-electron chi connectivity index (χ0n) is 11.4. The first-order chi connectivity index (χ1) is 10.2. The van der Waals surface area contributed by atoms with Crippen molar-refractivity contribution < 1.29 is 5.11 Å². The fourth-order valence-electron chi connectivity index (χ4n) is 2.87. The van der Waals surface area contributed by atoms with Crippen LogP contribution < -0.4 is 5.32 Å². The second-order valence-corrected chi connectivity index (χ2v) is 6.19. The summed E-state index contributed by atoms with van der Waals surface area (Å²) in [6, 6.07) is 13.6. The van der Waals surface area contributed by atoms with Gasteiger partial charge in [0.05, 0.1) is 17.3 Å². The van der Waals surface area contributed by atoms with Gasteiger partial charge in [-0.05, 0) is 60.7 Å². The molecule has 21 heavy (non-hydrogen) atoms. The van der Waals surface area contributed by atoms with Crippen LogP contribution >= 0.6 is 15.9 Å². The third-order valence-electron chi connectivity index (χ3n) is 3.87. The van der Waals surface area contributed by atoms with Crippen LogP contribution in [0.2, 0.25) is 0 Å². The molecule has 1 aliphatic carbocycles. The van der Waals surface area contributed by atoms with Gasteiger partial charge in [-0.1, -0.05) is 22.0 Å². The molecular formula is C17H15BrN2O. The predicted octanol–water partition coefficient (Wildman–Crippen LogP) is 4.52. The average Bonchev–Trinajstić information content (AvgIpc) is 2.49. The maximum atomic E-state index is 9.61. The van der Waals surface area contributed by atoms with Gasteiger partial charge in [-0.2, -0.15) is 5.26 Å². The lowest BCUT2D eigenvalue weighted by atomic mass is 9.87. The van der Waals surface area contributed by atoms with E-state index in [1.165, 1.54) is 11.1 Å². The molecule has 0 bridgehead atoms. The standard InChI is InChI=1S/C17H15BrN2O/c18-13-4-7-16(12(8-13)10-19)20-17-3-1-2-11-9-14(21)5-6-15(11)17/h4-9,17,20-21H,1-3H2. The number of nitrogens with one attached hydrogen (secondary N) is 1. The molecule has 1 atom stereocenters. The van der Waals surface area contributed by atoms with E-state index in [1.54, 1.807) is 6.07 Å². The predicted molar refractivity (Wildman–Crippen MR) is 86.3 cm³/mol. The van der Waals surface area contributed by atoms with Gasteiger partial charge in [-0.25, -0.2) is 0 Å². The normalized spacial score (nSPS) is 16.9. The molecule has 0 fully saturated rings. The second-order valence-electron chi connectivity index (χ2n) is 5.27. The number of halogens is 1. The SMILES string of the molecule is N#Cc1cc(Br)ccc1NC1CCCc2cc(O)ccc21. The molecule has 0 radical (unpaired) electrons. The van der Waals surface area contributed by atoms with Crippen LogP contribution in [0.1, 0.15) is 35.6 Å². The molecule has 1 aliphatic rings. The summed E-state index contributed by atoms with van der Waals surface area (Å²) in [5.41, 5.74) is 3.89. The monoisotopic (exact) mass is 342 g/mol. The molecule has 0 heterocycles. The first-order valence-electron chi connectivity index (χ1n) is 6.95. The van der Waals surface area contributed by atoms with E-state index < -0.39 is 0 Å². The van der Waals surface area contributed by atoms with Crippen molar-refractivity contribution in [1.29, 1.82) is 5.26 Å². The van der Waals surface area contributed by atoms with Crippen LogP contribution in [0.3, 0.4) is 0 Å². The maximum absolute atomic E-state index is 9.61. The smallest absolute Gasteiger partial charge is 0.115 e. The Morgan fingerprint density at radius 1 is 1.24 bits per heavy atom. The minimum atomic E-state index is 0.183. The lowest BCUT2D eigenvalue weighted by molar-refractivity contribution is 0.472. The number of fused-ring (bicyclic) bond motifs is 1. The number of rotatable bonds is 2. The summed E-state index contributed by atoms with van der Waals surface area (Å²) in [5.74, 6) is 0.316. The largest absolute Gasteiger partial charge is 0.508 e. The summed E-state index contributed by atoms with van der Waals surface area (Å²) in [4.78, 5) is 0. The van der Waals surface area contributed by atoms with Gasteiger partial charge >= 0.3 is 0 Å². The van der Waals surface area contributed by atoms with E-state index in [1.807, 2.05) is 30.3 Å². The van der Waals surface area contributed by atoms with Gasteiger partial charge in [0.25, 0.3) is 0 Å². The Kier molecular flexibility index (Phi) is 3.85. The summed E-state index contributed by atoms with van der Waals surface area (Å²) in [6.07, 6.45) is 3.10. The van der Waals surface area contributed by atoms with Crippen LogP contribution in [0.25, 0.3) is 0 Å². The Hall–Kier alpha value is -1.99. The molecule has 0 saturated heterocycles. The number of benzene rings is 2. The van der Waals surface area contributed by atoms with Crippen LogP contribution in [0.5, 0.6) is 5.75 Å². The van der Waals surface area contributed by atoms with E-state index in [9.17, 15) is 10.4 Å². The van der Waals surface area contributed by atoms with Gasteiger partial charge in [0, 0.05) is 4.47 Å². The van der Waals surface area contributed by atoms with E-state index in [0.717, 1.165) is 29.4 Å². The van der Waals surface area contributed by atoms with Crippen molar-refractivity contribution in [3.63, 3.8) is 0 Å². The van der Waals surface area contributed by atoms with Crippen molar-refractivity contribution in [2.45, 2.75) is 25.3 Å². The summed E-state index contributed by atoms with van der Waals surface area (Å²) in [5, 5.41) is 22.3. The molecule has 0 aromatic heterocycles. The fourth-order valence-corrected chi connectivity index (χ4v) is 3.23. The van der Waals surface area contributed by atoms with Crippen LogP contribution in [0.4, 0.5) is 5.69 Å². The maximum Gasteiger partial charge on any atom is 0.115 e. The summed E-state index contributed by atoms with van der Waals surface area (Å²) >= 11 is 3.39. The topological polar surface area (TPSA) is 56.0 Å². The van der Waals surface area contributed by atoms with E-state index >= 15 is 0 Å². The number of anilines is 1. The van der Waals surface area contributed by atoms with E-state index in [0.29, 0.717) is 11.3 Å². The van der Waals surface area contributed by atoms with Crippen molar-refractivity contribution in [3.05, 3.63) is 57.6 Å². The molecule has 0 aliphatic heterocycles. The van der Waals surface area contributed by atoms with Crippen molar-refractivity contribution in [2.75, 3.05) is 5.32 Å². The molecule has 2 N–H and O–H groups in total. The van der Waals surface area contributed by atoms with Gasteiger partial charge in [0.2, 0.25) is 0 Å². The highest BCUT2D eigenvalue weighted by molar-refractivity contribution is 9.10. The van der Waals surface area contributed by atoms with E-state index in [-0.39, 0.29) is 6.04 Å². The molecule has 2 aromatic carbocycles. The Balaban J connectivity index is 1.92. The number of hydrogen-bond acceptors (Lipinski definition) is 3. The lowest BCUT2D eigenvalue weighted by Gasteiger charge is -2.27. The molecule has 2 aromatic rings. The number of nitrogens with zero attached hydrogens (tertiary/aromatic N) is 1. The molecular weight excluding hydrogens is 328 g/mol. The number of nitriles is 1. The Labute approximate surface area is 132 Å². The third kappa shape index (κ3) is 2.88. The van der Waals surface area contributed by atoms with Gasteiger partial charge < -0.3 is 10.4 Å². The first-order valence-corrected chi connectivity index (χ1v) is 7.74. The first kappa shape index (κ1) is 14.0. The number of phenols is 1. The van der Waals surface area contributed by atoms with Gasteiger partial charge in [0.15, 0.2) is 0 Å². The molecule has 0 amide bonds. The van der Waals surface area contributed by atoms with Crippen molar-refractivity contribution in [2.24, 2.45) is 0 Å². The van der Waals surface area contributed by atoms with Gasteiger partial charge in [-0.15, -0.1) is 0 Å². The number of aromatic hydroxyl groups is 1. The molecule has 0 spiro atoms. The summed E-state index contributed by atoms with van der Waals surface area (Å²) in [6.45, 7) is 0. The number of phenolic OH excluding ortho intramolecular Hbond substituents is 1. The lowest BCUT2D eigenvalue weighted by Crippen LogP contribution is -2.17. The van der Waals surface area contributed by atoms with Crippen LogP contribution in [-0.2, 0) is 6.42 Å². The van der Waals surface area contributed by atoms with Crippen LogP contribution in [0.15, 0.2) is 40.9 Å². The molecule has 4 heteroatoms. The Bertz CT molecular complexity index is 721. The number of aryl methyl sites for hydroxylation is 1. The fraction of sp³-hybridized carbons (Fsp3) is 0.235. The molecule has 0 saturated carbocycles. The summed E-state index contributed by atoms with van der Waals surface area (Å²) in [7, 11) is 0. The summed E-state index contributed by atoms with van der Waals surface area (Å²) < 4.78 is 0.901. The molecule has 106 valence electrons. The number of hydrogen-bond donors (Lipinski definition) is 2. The zero-order chi connectivity index (χ0) is 14.8. The quantitative estimate of drug-likeness (QED) is 0.843. The van der Waals surface area contributed by atoms with Crippen LogP contribution in [-0.4, -0.2) is 5.11 Å². The van der Waals surface area contributed by atoms with Crippen molar-refractivity contribution >= 4 is 21.6 Å². The van der Waals surface area contributed by atoms with E-state index in [4.69, 9.17) is 0 Å². The Morgan fingerprint density at radius 2 is 2.10 bits per heavy atom. The van der Waals surface area contributed by atoms with E-state index in [2.05, 4.69) is 27.3 Å². The van der Waals surface area contributed by atoms with Gasteiger partial charge in [-0.3, -0.25) is 0 Å².